The highest BCUT2D eigenvalue weighted by atomic mass is 35.5. The average Bonchev–Trinajstić information content (AvgIpc) is 2.61. The molecule has 0 radical (unpaired) electrons. The van der Waals surface area contributed by atoms with Crippen molar-refractivity contribution in [3.63, 3.8) is 0 Å². The predicted molar refractivity (Wildman–Crippen MR) is 99.6 cm³/mol. The van der Waals surface area contributed by atoms with Crippen molar-refractivity contribution in [2.24, 2.45) is 0 Å². The van der Waals surface area contributed by atoms with Gasteiger partial charge in [-0.3, -0.25) is 4.79 Å². The van der Waals surface area contributed by atoms with E-state index in [-0.39, 0.29) is 19.0 Å². The van der Waals surface area contributed by atoms with E-state index in [0.29, 0.717) is 49.2 Å². The van der Waals surface area contributed by atoms with Crippen molar-refractivity contribution in [1.29, 1.82) is 0 Å². The van der Waals surface area contributed by atoms with E-state index in [9.17, 15) is 9.59 Å². The monoisotopic (exact) mass is 386 g/mol. The van der Waals surface area contributed by atoms with Crippen molar-refractivity contribution in [3.05, 3.63) is 23.3 Å². The van der Waals surface area contributed by atoms with Crippen molar-refractivity contribution in [3.8, 4) is 11.5 Å². The molecule has 0 saturated heterocycles. The maximum Gasteiger partial charge on any atom is 0.344 e. The first-order chi connectivity index (χ1) is 12.5. The number of halogens is 1. The molecule has 0 spiro atoms. The van der Waals surface area contributed by atoms with Gasteiger partial charge in [-0.15, -0.1) is 11.6 Å². The summed E-state index contributed by atoms with van der Waals surface area (Å²) >= 11 is 5.57. The molecule has 7 heteroatoms. The quantitative estimate of drug-likeness (QED) is 0.224. The third kappa shape index (κ3) is 7.22. The minimum absolute atomic E-state index is 0.101. The molecule has 0 aliphatic carbocycles. The SMILES string of the molecule is CCCc1c(OCC(=O)OCC)ccc(C(C)=O)c1OCCOCCCl. The number of alkyl halides is 1. The number of hydrogen-bond acceptors (Lipinski definition) is 6. The topological polar surface area (TPSA) is 71.1 Å². The Labute approximate surface area is 159 Å². The summed E-state index contributed by atoms with van der Waals surface area (Å²) < 4.78 is 21.6. The van der Waals surface area contributed by atoms with E-state index in [2.05, 4.69) is 0 Å². The minimum Gasteiger partial charge on any atom is -0.490 e. The summed E-state index contributed by atoms with van der Waals surface area (Å²) in [7, 11) is 0. The van der Waals surface area contributed by atoms with Crippen LogP contribution in [0.1, 0.15) is 43.1 Å². The lowest BCUT2D eigenvalue weighted by atomic mass is 10.0. The third-order valence-electron chi connectivity index (χ3n) is 3.44. The number of rotatable bonds is 13. The van der Waals surface area contributed by atoms with Crippen LogP contribution in [0.5, 0.6) is 11.5 Å². The summed E-state index contributed by atoms with van der Waals surface area (Å²) in [4.78, 5) is 23.5. The Kier molecular flexibility index (Phi) is 10.7. The van der Waals surface area contributed by atoms with Crippen molar-refractivity contribution in [1.82, 2.24) is 0 Å². The normalized spacial score (nSPS) is 10.5. The zero-order valence-electron chi connectivity index (χ0n) is 15.6. The number of hydrogen-bond donors (Lipinski definition) is 0. The van der Waals surface area contributed by atoms with Gasteiger partial charge in [-0.25, -0.2) is 4.79 Å². The van der Waals surface area contributed by atoms with Gasteiger partial charge in [0, 0.05) is 11.4 Å². The molecular formula is C19H27ClO6. The van der Waals surface area contributed by atoms with Gasteiger partial charge >= 0.3 is 5.97 Å². The lowest BCUT2D eigenvalue weighted by Crippen LogP contribution is -2.16. The first-order valence-corrected chi connectivity index (χ1v) is 9.30. The van der Waals surface area contributed by atoms with E-state index < -0.39 is 5.97 Å². The van der Waals surface area contributed by atoms with Crippen molar-refractivity contribution < 1.29 is 28.5 Å². The number of Topliss-reactive ketones (excluding diaryl/α,β-unsaturated/α-hetero) is 1. The second-order valence-electron chi connectivity index (χ2n) is 5.47. The largest absolute Gasteiger partial charge is 0.490 e. The fourth-order valence-corrected chi connectivity index (χ4v) is 2.48. The highest BCUT2D eigenvalue weighted by Crippen LogP contribution is 2.34. The number of ether oxygens (including phenoxy) is 4. The van der Waals surface area contributed by atoms with Crippen LogP contribution >= 0.6 is 11.6 Å². The Balaban J connectivity index is 3.01. The fourth-order valence-electron chi connectivity index (χ4n) is 2.37. The predicted octanol–water partition coefficient (Wildman–Crippen LogP) is 3.42. The minimum atomic E-state index is -0.442. The van der Waals surface area contributed by atoms with E-state index in [1.54, 1.807) is 19.1 Å². The number of carbonyl (C=O) groups is 2. The lowest BCUT2D eigenvalue weighted by Gasteiger charge is -2.18. The van der Waals surface area contributed by atoms with Crippen LogP contribution in [0.2, 0.25) is 0 Å². The van der Waals surface area contributed by atoms with Gasteiger partial charge in [0.05, 0.1) is 25.4 Å². The molecule has 1 rings (SSSR count). The molecular weight excluding hydrogens is 360 g/mol. The van der Waals surface area contributed by atoms with Crippen molar-refractivity contribution in [2.75, 3.05) is 38.9 Å². The average molecular weight is 387 g/mol. The van der Waals surface area contributed by atoms with Gasteiger partial charge in [0.2, 0.25) is 0 Å². The molecule has 26 heavy (non-hydrogen) atoms. The third-order valence-corrected chi connectivity index (χ3v) is 3.60. The van der Waals surface area contributed by atoms with Gasteiger partial charge in [0.25, 0.3) is 0 Å². The molecule has 0 aliphatic rings. The fraction of sp³-hybridized carbons (Fsp3) is 0.579. The zero-order valence-corrected chi connectivity index (χ0v) is 16.4. The molecule has 0 fully saturated rings. The van der Waals surface area contributed by atoms with Crippen molar-refractivity contribution in [2.45, 2.75) is 33.6 Å². The van der Waals surface area contributed by atoms with Crippen LogP contribution in [0.4, 0.5) is 0 Å². The molecule has 0 atom stereocenters. The van der Waals surface area contributed by atoms with Gasteiger partial charge in [-0.05, 0) is 32.4 Å². The Morgan fingerprint density at radius 1 is 1.08 bits per heavy atom. The van der Waals surface area contributed by atoms with Crippen LogP contribution in [0, 0.1) is 0 Å². The summed E-state index contributed by atoms with van der Waals surface area (Å²) in [6.45, 7) is 6.43. The maximum absolute atomic E-state index is 12.0. The number of esters is 1. The van der Waals surface area contributed by atoms with Crippen LogP contribution in [0.15, 0.2) is 12.1 Å². The second-order valence-corrected chi connectivity index (χ2v) is 5.85. The van der Waals surface area contributed by atoms with E-state index in [1.807, 2.05) is 6.92 Å². The molecule has 0 bridgehead atoms. The maximum atomic E-state index is 12.0. The van der Waals surface area contributed by atoms with Crippen LogP contribution in [0.25, 0.3) is 0 Å². The van der Waals surface area contributed by atoms with Crippen LogP contribution in [0.3, 0.4) is 0 Å². The first-order valence-electron chi connectivity index (χ1n) is 8.76. The Morgan fingerprint density at radius 2 is 1.85 bits per heavy atom. The molecule has 0 N–H and O–H groups in total. The molecule has 0 saturated carbocycles. The van der Waals surface area contributed by atoms with Gasteiger partial charge in [-0.2, -0.15) is 0 Å². The highest BCUT2D eigenvalue weighted by molar-refractivity contribution is 6.17. The zero-order chi connectivity index (χ0) is 19.4. The second kappa shape index (κ2) is 12.5. The molecule has 0 unspecified atom stereocenters. The summed E-state index contributed by atoms with van der Waals surface area (Å²) in [5, 5.41) is 0. The lowest BCUT2D eigenvalue weighted by molar-refractivity contribution is -0.145. The van der Waals surface area contributed by atoms with E-state index in [4.69, 9.17) is 30.5 Å². The Morgan fingerprint density at radius 3 is 2.46 bits per heavy atom. The van der Waals surface area contributed by atoms with Gasteiger partial charge in [0.15, 0.2) is 12.4 Å². The Hall–Kier alpha value is -1.79. The molecule has 0 amide bonds. The van der Waals surface area contributed by atoms with Crippen molar-refractivity contribution >= 4 is 23.4 Å². The molecule has 0 aromatic heterocycles. The van der Waals surface area contributed by atoms with E-state index >= 15 is 0 Å². The summed E-state index contributed by atoms with van der Waals surface area (Å²) in [5.41, 5.74) is 1.25. The van der Waals surface area contributed by atoms with E-state index in [1.165, 1.54) is 6.92 Å². The molecule has 146 valence electrons. The summed E-state index contributed by atoms with van der Waals surface area (Å²) in [6.07, 6.45) is 1.48. The molecule has 0 aliphatic heterocycles. The molecule has 0 heterocycles. The number of benzene rings is 1. The van der Waals surface area contributed by atoms with E-state index in [0.717, 1.165) is 12.0 Å². The highest BCUT2D eigenvalue weighted by Gasteiger charge is 2.19. The summed E-state index contributed by atoms with van der Waals surface area (Å²) in [5.74, 6) is 0.868. The molecule has 1 aromatic carbocycles. The number of ketones is 1. The van der Waals surface area contributed by atoms with Crippen LogP contribution in [-0.4, -0.2) is 50.7 Å². The standard InChI is InChI=1S/C19H27ClO6/c1-4-6-16-17(26-13-18(22)24-5-2)8-7-15(14(3)21)19(16)25-12-11-23-10-9-20/h7-8H,4-6,9-13H2,1-3H3. The molecule has 6 nitrogen and oxygen atoms in total. The van der Waals surface area contributed by atoms with Gasteiger partial charge in [-0.1, -0.05) is 13.3 Å². The van der Waals surface area contributed by atoms with Gasteiger partial charge < -0.3 is 18.9 Å². The summed E-state index contributed by atoms with van der Waals surface area (Å²) in [6, 6.07) is 3.34. The molecule has 1 aromatic rings. The smallest absolute Gasteiger partial charge is 0.344 e. The van der Waals surface area contributed by atoms with Crippen LogP contribution < -0.4 is 9.47 Å². The number of carbonyl (C=O) groups excluding carboxylic acids is 2. The Bertz CT molecular complexity index is 588. The van der Waals surface area contributed by atoms with Crippen LogP contribution in [-0.2, 0) is 20.7 Å². The first kappa shape index (κ1) is 22.3. The van der Waals surface area contributed by atoms with Gasteiger partial charge in [0.1, 0.15) is 18.1 Å².